The van der Waals surface area contributed by atoms with Crippen molar-refractivity contribution in [3.63, 3.8) is 0 Å². The molecule has 0 atom stereocenters. The van der Waals surface area contributed by atoms with Gasteiger partial charge in [0.1, 0.15) is 11.4 Å². The van der Waals surface area contributed by atoms with E-state index in [1.165, 1.54) is 11.1 Å². The lowest BCUT2D eigenvalue weighted by atomic mass is 10.0. The molecule has 1 aliphatic heterocycles. The van der Waals surface area contributed by atoms with Crippen molar-refractivity contribution in [3.05, 3.63) is 29.3 Å². The molecule has 0 aliphatic carbocycles. The second-order valence-electron chi connectivity index (χ2n) is 6.93. The van der Waals surface area contributed by atoms with E-state index in [4.69, 9.17) is 9.47 Å². The van der Waals surface area contributed by atoms with Crippen molar-refractivity contribution >= 4 is 6.09 Å². The second kappa shape index (κ2) is 7.21. The summed E-state index contributed by atoms with van der Waals surface area (Å²) in [6.45, 7) is 10.9. The number of nitrogens with zero attached hydrogens (tertiary/aromatic N) is 2. The minimum absolute atomic E-state index is 0.231. The molecule has 0 spiro atoms. The molecule has 5 heteroatoms. The van der Waals surface area contributed by atoms with Crippen molar-refractivity contribution < 1.29 is 14.3 Å². The number of hydrogen-bond acceptors (Lipinski definition) is 4. The molecule has 0 N–H and O–H groups in total. The quantitative estimate of drug-likeness (QED) is 0.854. The summed E-state index contributed by atoms with van der Waals surface area (Å²) in [5, 5.41) is 0. The molecule has 1 aliphatic rings. The zero-order valence-electron chi connectivity index (χ0n) is 14.9. The third kappa shape index (κ3) is 4.86. The lowest BCUT2D eigenvalue weighted by Gasteiger charge is -2.24. The number of rotatable bonds is 4. The van der Waals surface area contributed by atoms with Crippen LogP contribution in [0.3, 0.4) is 0 Å². The highest BCUT2D eigenvalue weighted by Gasteiger charge is 2.28. The van der Waals surface area contributed by atoms with Crippen LogP contribution in [0.4, 0.5) is 4.79 Å². The van der Waals surface area contributed by atoms with Crippen LogP contribution in [-0.4, -0.2) is 48.4 Å². The van der Waals surface area contributed by atoms with Crippen LogP contribution < -0.4 is 4.74 Å². The Balaban J connectivity index is 1.97. The van der Waals surface area contributed by atoms with E-state index in [9.17, 15) is 4.79 Å². The minimum Gasteiger partial charge on any atom is -0.497 e. The molecule has 23 heavy (non-hydrogen) atoms. The van der Waals surface area contributed by atoms with E-state index in [2.05, 4.69) is 24.0 Å². The van der Waals surface area contributed by atoms with E-state index in [0.717, 1.165) is 25.3 Å². The Morgan fingerprint density at radius 2 is 1.96 bits per heavy atom. The van der Waals surface area contributed by atoms with Crippen LogP contribution in [0.5, 0.6) is 5.75 Å². The molecule has 0 radical (unpaired) electrons. The van der Waals surface area contributed by atoms with Gasteiger partial charge in [-0.1, -0.05) is 13.0 Å². The van der Waals surface area contributed by atoms with Gasteiger partial charge in [0.15, 0.2) is 0 Å². The van der Waals surface area contributed by atoms with E-state index in [1.54, 1.807) is 12.0 Å². The van der Waals surface area contributed by atoms with E-state index >= 15 is 0 Å². The monoisotopic (exact) mass is 320 g/mol. The molecule has 1 heterocycles. The van der Waals surface area contributed by atoms with E-state index in [-0.39, 0.29) is 6.09 Å². The molecule has 1 aromatic carbocycles. The number of benzene rings is 1. The van der Waals surface area contributed by atoms with Gasteiger partial charge in [-0.25, -0.2) is 4.79 Å². The Bertz CT molecular complexity index is 552. The molecule has 1 saturated heterocycles. The van der Waals surface area contributed by atoms with Gasteiger partial charge in [-0.3, -0.25) is 9.80 Å². The van der Waals surface area contributed by atoms with Crippen LogP contribution in [0, 0.1) is 0 Å². The van der Waals surface area contributed by atoms with Gasteiger partial charge in [-0.15, -0.1) is 0 Å². The summed E-state index contributed by atoms with van der Waals surface area (Å²) in [6.07, 6.45) is 0.737. The first-order chi connectivity index (χ1) is 10.8. The number of carbonyl (C=O) groups excluding carboxylic acids is 1. The molecule has 1 fully saturated rings. The highest BCUT2D eigenvalue weighted by Crippen LogP contribution is 2.21. The number of carbonyl (C=O) groups is 1. The van der Waals surface area contributed by atoms with Gasteiger partial charge >= 0.3 is 6.09 Å². The predicted molar refractivity (Wildman–Crippen MR) is 90.6 cm³/mol. The Morgan fingerprint density at radius 3 is 2.57 bits per heavy atom. The van der Waals surface area contributed by atoms with Gasteiger partial charge in [-0.05, 0) is 50.5 Å². The number of methoxy groups -OCH3 is 1. The summed E-state index contributed by atoms with van der Waals surface area (Å²) in [6, 6.07) is 6.21. The standard InChI is InChI=1S/C18H28N2O3/c1-6-14-11-16(22-5)8-7-15(14)12-19-9-10-20(13-19)17(21)23-18(2,3)4/h7-8,11H,6,9-10,12-13H2,1-5H3. The summed E-state index contributed by atoms with van der Waals surface area (Å²) in [4.78, 5) is 16.2. The lowest BCUT2D eigenvalue weighted by Crippen LogP contribution is -2.36. The summed E-state index contributed by atoms with van der Waals surface area (Å²) in [5.41, 5.74) is 2.13. The van der Waals surface area contributed by atoms with Crippen molar-refractivity contribution in [3.8, 4) is 5.75 Å². The van der Waals surface area contributed by atoms with Crippen molar-refractivity contribution in [2.45, 2.75) is 46.3 Å². The average molecular weight is 320 g/mol. The van der Waals surface area contributed by atoms with Gasteiger partial charge in [-0.2, -0.15) is 0 Å². The summed E-state index contributed by atoms with van der Waals surface area (Å²) in [5.74, 6) is 0.891. The van der Waals surface area contributed by atoms with Crippen molar-refractivity contribution in [1.29, 1.82) is 0 Å². The summed E-state index contributed by atoms with van der Waals surface area (Å²) < 4.78 is 10.7. The molecular formula is C18H28N2O3. The number of aryl methyl sites for hydroxylation is 1. The van der Waals surface area contributed by atoms with Gasteiger partial charge in [0.25, 0.3) is 0 Å². The van der Waals surface area contributed by atoms with Gasteiger partial charge in [0.05, 0.1) is 13.8 Å². The van der Waals surface area contributed by atoms with E-state index in [1.807, 2.05) is 26.8 Å². The molecule has 1 aromatic rings. The Labute approximate surface area is 139 Å². The van der Waals surface area contributed by atoms with Crippen LogP contribution >= 0.6 is 0 Å². The fraction of sp³-hybridized carbons (Fsp3) is 0.611. The van der Waals surface area contributed by atoms with Gasteiger partial charge in [0, 0.05) is 19.6 Å². The van der Waals surface area contributed by atoms with Crippen molar-refractivity contribution in [1.82, 2.24) is 9.80 Å². The van der Waals surface area contributed by atoms with Crippen LogP contribution in [0.25, 0.3) is 0 Å². The first-order valence-corrected chi connectivity index (χ1v) is 8.18. The number of amides is 1. The average Bonchev–Trinajstić information content (AvgIpc) is 2.94. The first-order valence-electron chi connectivity index (χ1n) is 8.18. The Kier molecular flexibility index (Phi) is 5.52. The van der Waals surface area contributed by atoms with Crippen LogP contribution in [0.2, 0.25) is 0 Å². The third-order valence-corrected chi connectivity index (χ3v) is 3.90. The van der Waals surface area contributed by atoms with Gasteiger partial charge in [0.2, 0.25) is 0 Å². The van der Waals surface area contributed by atoms with E-state index < -0.39 is 5.60 Å². The molecular weight excluding hydrogens is 292 g/mol. The normalized spacial score (nSPS) is 15.8. The highest BCUT2D eigenvalue weighted by atomic mass is 16.6. The third-order valence-electron chi connectivity index (χ3n) is 3.90. The fourth-order valence-corrected chi connectivity index (χ4v) is 2.70. The number of hydrogen-bond donors (Lipinski definition) is 0. The maximum absolute atomic E-state index is 12.1. The smallest absolute Gasteiger partial charge is 0.411 e. The maximum atomic E-state index is 12.1. The SMILES string of the molecule is CCc1cc(OC)ccc1CN1CCN(C(=O)OC(C)(C)C)C1. The number of ether oxygens (including phenoxy) is 2. The van der Waals surface area contributed by atoms with Crippen molar-refractivity contribution in [2.75, 3.05) is 26.9 Å². The highest BCUT2D eigenvalue weighted by molar-refractivity contribution is 5.68. The molecule has 0 bridgehead atoms. The van der Waals surface area contributed by atoms with Crippen LogP contribution in [0.1, 0.15) is 38.8 Å². The summed E-state index contributed by atoms with van der Waals surface area (Å²) >= 11 is 0. The largest absolute Gasteiger partial charge is 0.497 e. The topological polar surface area (TPSA) is 42.0 Å². The predicted octanol–water partition coefficient (Wildman–Crippen LogP) is 3.27. The second-order valence-corrected chi connectivity index (χ2v) is 6.93. The molecule has 0 unspecified atom stereocenters. The lowest BCUT2D eigenvalue weighted by molar-refractivity contribution is 0.0263. The Morgan fingerprint density at radius 1 is 1.22 bits per heavy atom. The molecule has 5 nitrogen and oxygen atoms in total. The molecule has 128 valence electrons. The zero-order chi connectivity index (χ0) is 17.0. The zero-order valence-corrected chi connectivity index (χ0v) is 14.9. The molecule has 0 saturated carbocycles. The van der Waals surface area contributed by atoms with Crippen molar-refractivity contribution in [2.24, 2.45) is 0 Å². The minimum atomic E-state index is -0.449. The van der Waals surface area contributed by atoms with E-state index in [0.29, 0.717) is 13.2 Å². The summed E-state index contributed by atoms with van der Waals surface area (Å²) in [7, 11) is 1.69. The Hall–Kier alpha value is -1.75. The maximum Gasteiger partial charge on any atom is 0.411 e. The molecule has 2 rings (SSSR count). The van der Waals surface area contributed by atoms with Gasteiger partial charge < -0.3 is 9.47 Å². The van der Waals surface area contributed by atoms with Crippen LogP contribution in [0.15, 0.2) is 18.2 Å². The first kappa shape index (κ1) is 17.6. The molecule has 1 amide bonds. The molecule has 0 aromatic heterocycles. The van der Waals surface area contributed by atoms with Crippen LogP contribution in [-0.2, 0) is 17.7 Å². The fourth-order valence-electron chi connectivity index (χ4n) is 2.70.